The topological polar surface area (TPSA) is 34.9 Å². The molecule has 3 aromatic rings. The molecule has 0 amide bonds. The molecule has 0 N–H and O–H groups in total. The first kappa shape index (κ1) is 13.3. The summed E-state index contributed by atoms with van der Waals surface area (Å²) in [5.41, 5.74) is -1.12. The normalized spacial score (nSPS) is 11.0. The molecule has 106 valence electrons. The van der Waals surface area contributed by atoms with E-state index in [9.17, 15) is 22.4 Å². The van der Waals surface area contributed by atoms with Crippen LogP contribution in [0, 0.1) is 23.3 Å². The van der Waals surface area contributed by atoms with Crippen molar-refractivity contribution in [3.63, 3.8) is 0 Å². The van der Waals surface area contributed by atoms with E-state index in [4.69, 9.17) is 0 Å². The maximum atomic E-state index is 14.0. The first-order chi connectivity index (χ1) is 9.99. The number of pyridine rings is 2. The van der Waals surface area contributed by atoms with Gasteiger partial charge in [0.25, 0.3) is 0 Å². The Labute approximate surface area is 115 Å². The van der Waals surface area contributed by atoms with Gasteiger partial charge in [-0.2, -0.15) is 0 Å². The third kappa shape index (κ3) is 2.06. The van der Waals surface area contributed by atoms with E-state index in [1.165, 1.54) is 6.07 Å². The van der Waals surface area contributed by atoms with E-state index in [2.05, 4.69) is 4.98 Å². The molecule has 2 heterocycles. The predicted octanol–water partition coefficient (Wildman–Crippen LogP) is 2.94. The highest BCUT2D eigenvalue weighted by Crippen LogP contribution is 2.22. The largest absolute Gasteiger partial charge is 0.298 e. The molecule has 0 saturated carbocycles. The minimum Gasteiger partial charge on any atom is -0.298 e. The van der Waals surface area contributed by atoms with Crippen LogP contribution < -0.4 is 5.43 Å². The minimum atomic E-state index is -1.69. The SMILES string of the molecule is O=c1ccn(-c2ccc(F)cn2)c2c(F)c(F)c(F)cc12. The van der Waals surface area contributed by atoms with Crippen LogP contribution in [0.15, 0.2) is 41.5 Å². The Hall–Kier alpha value is -2.70. The molecule has 0 aliphatic carbocycles. The lowest BCUT2D eigenvalue weighted by molar-refractivity contribution is 0.451. The number of halogens is 4. The van der Waals surface area contributed by atoms with Crippen molar-refractivity contribution in [1.82, 2.24) is 9.55 Å². The molecular formula is C14H6F4N2O. The number of fused-ring (bicyclic) bond motifs is 1. The van der Waals surface area contributed by atoms with Crippen molar-refractivity contribution < 1.29 is 17.6 Å². The van der Waals surface area contributed by atoms with Crippen LogP contribution >= 0.6 is 0 Å². The van der Waals surface area contributed by atoms with Gasteiger partial charge in [-0.15, -0.1) is 0 Å². The van der Waals surface area contributed by atoms with Crippen LogP contribution in [0.2, 0.25) is 0 Å². The highest BCUT2D eigenvalue weighted by Gasteiger charge is 2.18. The molecule has 0 radical (unpaired) electrons. The van der Waals surface area contributed by atoms with E-state index in [0.717, 1.165) is 29.1 Å². The average Bonchev–Trinajstić information content (AvgIpc) is 2.47. The minimum absolute atomic E-state index is 0.0614. The summed E-state index contributed by atoms with van der Waals surface area (Å²) < 4.78 is 54.6. The Morgan fingerprint density at radius 3 is 2.43 bits per heavy atom. The summed E-state index contributed by atoms with van der Waals surface area (Å²) in [5.74, 6) is -5.20. The molecule has 0 aliphatic rings. The standard InChI is InChI=1S/C14H6F4N2O/c15-7-1-2-11(19-6-7)20-4-3-10(21)8-5-9(16)12(17)13(18)14(8)20/h1-6H. The molecule has 0 spiro atoms. The van der Waals surface area contributed by atoms with Crippen LogP contribution in [0.5, 0.6) is 0 Å². The van der Waals surface area contributed by atoms with Gasteiger partial charge in [0, 0.05) is 12.3 Å². The van der Waals surface area contributed by atoms with Gasteiger partial charge in [0.05, 0.1) is 17.1 Å². The van der Waals surface area contributed by atoms with Crippen molar-refractivity contribution in [2.75, 3.05) is 0 Å². The molecule has 0 saturated heterocycles. The van der Waals surface area contributed by atoms with Gasteiger partial charge in [0.1, 0.15) is 11.6 Å². The number of nitrogens with zero attached hydrogens (tertiary/aromatic N) is 2. The first-order valence-corrected chi connectivity index (χ1v) is 5.80. The Kier molecular flexibility index (Phi) is 2.97. The molecule has 0 bridgehead atoms. The zero-order valence-electron chi connectivity index (χ0n) is 10.3. The number of benzene rings is 1. The Balaban J connectivity index is 2.44. The Morgan fingerprint density at radius 1 is 1.00 bits per heavy atom. The van der Waals surface area contributed by atoms with Gasteiger partial charge in [0.15, 0.2) is 22.9 Å². The van der Waals surface area contributed by atoms with E-state index in [0.29, 0.717) is 6.07 Å². The van der Waals surface area contributed by atoms with Crippen molar-refractivity contribution in [2.45, 2.75) is 0 Å². The smallest absolute Gasteiger partial charge is 0.196 e. The lowest BCUT2D eigenvalue weighted by Gasteiger charge is -2.11. The summed E-state index contributed by atoms with van der Waals surface area (Å²) in [6.45, 7) is 0. The van der Waals surface area contributed by atoms with Gasteiger partial charge in [0.2, 0.25) is 0 Å². The quantitative estimate of drug-likeness (QED) is 0.511. The Bertz CT molecular complexity index is 903. The zero-order chi connectivity index (χ0) is 15.1. The molecular weight excluding hydrogens is 288 g/mol. The van der Waals surface area contributed by atoms with Crippen molar-refractivity contribution in [3.8, 4) is 5.82 Å². The number of aromatic nitrogens is 2. The monoisotopic (exact) mass is 294 g/mol. The van der Waals surface area contributed by atoms with Gasteiger partial charge in [-0.05, 0) is 18.2 Å². The van der Waals surface area contributed by atoms with Gasteiger partial charge >= 0.3 is 0 Å². The second kappa shape index (κ2) is 4.69. The summed E-state index contributed by atoms with van der Waals surface area (Å²) in [5, 5.41) is -0.333. The van der Waals surface area contributed by atoms with Crippen LogP contribution in [0.25, 0.3) is 16.7 Å². The molecule has 0 aliphatic heterocycles. The van der Waals surface area contributed by atoms with E-state index in [1.807, 2.05) is 0 Å². The van der Waals surface area contributed by atoms with E-state index < -0.39 is 34.2 Å². The van der Waals surface area contributed by atoms with Crippen molar-refractivity contribution in [3.05, 3.63) is 70.2 Å². The number of rotatable bonds is 1. The van der Waals surface area contributed by atoms with Crippen LogP contribution in [0.1, 0.15) is 0 Å². The summed E-state index contributed by atoms with van der Waals surface area (Å²) in [6.07, 6.45) is 2.04. The molecule has 7 heteroatoms. The van der Waals surface area contributed by atoms with Gasteiger partial charge in [-0.25, -0.2) is 22.5 Å². The fraction of sp³-hybridized carbons (Fsp3) is 0. The lowest BCUT2D eigenvalue weighted by Crippen LogP contribution is -2.11. The van der Waals surface area contributed by atoms with E-state index in [1.54, 1.807) is 0 Å². The summed E-state index contributed by atoms with van der Waals surface area (Å²) >= 11 is 0. The maximum Gasteiger partial charge on any atom is 0.196 e. The first-order valence-electron chi connectivity index (χ1n) is 5.80. The second-order valence-electron chi connectivity index (χ2n) is 4.27. The molecule has 3 nitrogen and oxygen atoms in total. The number of hydrogen-bond donors (Lipinski definition) is 0. The lowest BCUT2D eigenvalue weighted by atomic mass is 10.2. The fourth-order valence-corrected chi connectivity index (χ4v) is 2.02. The fourth-order valence-electron chi connectivity index (χ4n) is 2.02. The number of hydrogen-bond acceptors (Lipinski definition) is 2. The average molecular weight is 294 g/mol. The predicted molar refractivity (Wildman–Crippen MR) is 67.2 cm³/mol. The molecule has 3 rings (SSSR count). The van der Waals surface area contributed by atoms with Crippen LogP contribution in [-0.4, -0.2) is 9.55 Å². The molecule has 21 heavy (non-hydrogen) atoms. The zero-order valence-corrected chi connectivity index (χ0v) is 10.3. The Morgan fingerprint density at radius 2 is 1.76 bits per heavy atom. The van der Waals surface area contributed by atoms with Gasteiger partial charge in [-0.3, -0.25) is 9.36 Å². The van der Waals surface area contributed by atoms with Gasteiger partial charge in [-0.1, -0.05) is 0 Å². The third-order valence-corrected chi connectivity index (χ3v) is 2.98. The molecule has 0 fully saturated rings. The van der Waals surface area contributed by atoms with Crippen molar-refractivity contribution in [2.24, 2.45) is 0 Å². The maximum absolute atomic E-state index is 14.0. The van der Waals surface area contributed by atoms with Crippen LogP contribution in [0.4, 0.5) is 17.6 Å². The van der Waals surface area contributed by atoms with Gasteiger partial charge < -0.3 is 0 Å². The second-order valence-corrected chi connectivity index (χ2v) is 4.27. The van der Waals surface area contributed by atoms with E-state index >= 15 is 0 Å². The van der Waals surface area contributed by atoms with E-state index in [-0.39, 0.29) is 11.2 Å². The van der Waals surface area contributed by atoms with Crippen molar-refractivity contribution >= 4 is 10.9 Å². The van der Waals surface area contributed by atoms with Crippen molar-refractivity contribution in [1.29, 1.82) is 0 Å². The highest BCUT2D eigenvalue weighted by molar-refractivity contribution is 5.81. The molecule has 0 atom stereocenters. The van der Waals surface area contributed by atoms with Crippen LogP contribution in [-0.2, 0) is 0 Å². The summed E-state index contributed by atoms with van der Waals surface area (Å²) in [7, 11) is 0. The summed E-state index contributed by atoms with van der Waals surface area (Å²) in [4.78, 5) is 15.4. The highest BCUT2D eigenvalue weighted by atomic mass is 19.2. The molecule has 2 aromatic heterocycles. The summed E-state index contributed by atoms with van der Waals surface area (Å²) in [6, 6.07) is 3.98. The van der Waals surface area contributed by atoms with Crippen LogP contribution in [0.3, 0.4) is 0 Å². The molecule has 1 aromatic carbocycles. The third-order valence-electron chi connectivity index (χ3n) is 2.98. The molecule has 0 unspecified atom stereocenters.